The lowest BCUT2D eigenvalue weighted by molar-refractivity contribution is -0.112. The monoisotopic (exact) mass is 727 g/mol. The number of anilines is 2. The number of nitrogens with one attached hydrogen (secondary N) is 2. The summed E-state index contributed by atoms with van der Waals surface area (Å²) in [6.07, 6.45) is 5.28. The SMILES string of the molecule is COc1cc(Nc2cccc(-c3cccc(-c4nc5cc(CN6CCC(C=O)CC6)cc(C#N)c5o4)c3C)c2C=N)nc(OC)c1CN1CCC(O)CC1. The van der Waals surface area contributed by atoms with E-state index in [1.807, 2.05) is 61.5 Å². The Balaban J connectivity index is 1.17. The van der Waals surface area contributed by atoms with Gasteiger partial charge in [-0.3, -0.25) is 9.80 Å². The highest BCUT2D eigenvalue weighted by molar-refractivity contribution is 5.98. The van der Waals surface area contributed by atoms with Crippen molar-refractivity contribution in [1.29, 1.82) is 10.7 Å². The molecule has 0 bridgehead atoms. The molecule has 2 aromatic heterocycles. The molecule has 12 nitrogen and oxygen atoms in total. The number of carbonyl (C=O) groups excluding carboxylic acids is 1. The Bertz CT molecular complexity index is 2190. The first-order chi connectivity index (χ1) is 26.3. The quantitative estimate of drug-likeness (QED) is 0.0910. The lowest BCUT2D eigenvalue weighted by Gasteiger charge is -2.30. The summed E-state index contributed by atoms with van der Waals surface area (Å²) in [6, 6.07) is 19.7. The summed E-state index contributed by atoms with van der Waals surface area (Å²) in [4.78, 5) is 25.4. The molecule has 2 aliphatic rings. The van der Waals surface area contributed by atoms with E-state index in [2.05, 4.69) is 21.2 Å². The summed E-state index contributed by atoms with van der Waals surface area (Å²) in [6.45, 7) is 6.50. The molecule has 2 fully saturated rings. The Labute approximate surface area is 314 Å². The summed E-state index contributed by atoms with van der Waals surface area (Å²) >= 11 is 0. The number of oxazole rings is 1. The van der Waals surface area contributed by atoms with Crippen LogP contribution in [0.15, 0.2) is 59.0 Å². The molecule has 0 radical (unpaired) electrons. The van der Waals surface area contributed by atoms with Crippen molar-refractivity contribution in [3.8, 4) is 40.3 Å². The highest BCUT2D eigenvalue weighted by atomic mass is 16.5. The van der Waals surface area contributed by atoms with Gasteiger partial charge in [0.05, 0.1) is 31.5 Å². The van der Waals surface area contributed by atoms with E-state index < -0.39 is 0 Å². The van der Waals surface area contributed by atoms with Crippen LogP contribution in [0.3, 0.4) is 0 Å². The predicted octanol–water partition coefficient (Wildman–Crippen LogP) is 6.86. The highest BCUT2D eigenvalue weighted by Gasteiger charge is 2.24. The van der Waals surface area contributed by atoms with Gasteiger partial charge in [-0.15, -0.1) is 0 Å². The van der Waals surface area contributed by atoms with E-state index in [-0.39, 0.29) is 12.0 Å². The highest BCUT2D eigenvalue weighted by Crippen LogP contribution is 2.38. The lowest BCUT2D eigenvalue weighted by atomic mass is 9.92. The van der Waals surface area contributed by atoms with Crippen molar-refractivity contribution in [3.05, 3.63) is 82.4 Å². The molecule has 4 heterocycles. The molecule has 2 saturated heterocycles. The number of piperidine rings is 2. The van der Waals surface area contributed by atoms with Crippen LogP contribution < -0.4 is 14.8 Å². The average Bonchev–Trinajstić information content (AvgIpc) is 3.63. The fourth-order valence-corrected chi connectivity index (χ4v) is 7.63. The first-order valence-electron chi connectivity index (χ1n) is 18.4. The molecule has 54 heavy (non-hydrogen) atoms. The van der Waals surface area contributed by atoms with E-state index in [0.717, 1.165) is 91.5 Å². The van der Waals surface area contributed by atoms with Crippen molar-refractivity contribution in [3.63, 3.8) is 0 Å². The third-order valence-electron chi connectivity index (χ3n) is 10.7. The molecule has 12 heteroatoms. The lowest BCUT2D eigenvalue weighted by Crippen LogP contribution is -2.35. The van der Waals surface area contributed by atoms with E-state index in [1.54, 1.807) is 14.2 Å². The number of fused-ring (bicyclic) bond motifs is 1. The molecule has 0 amide bonds. The second kappa shape index (κ2) is 16.2. The van der Waals surface area contributed by atoms with Crippen LogP contribution in [-0.4, -0.2) is 83.9 Å². The van der Waals surface area contributed by atoms with Crippen molar-refractivity contribution in [2.24, 2.45) is 5.92 Å². The van der Waals surface area contributed by atoms with Crippen molar-refractivity contribution in [1.82, 2.24) is 19.8 Å². The number of ether oxygens (including phenoxy) is 2. The van der Waals surface area contributed by atoms with Crippen LogP contribution >= 0.6 is 0 Å². The fraction of sp³-hybridized carbons (Fsp3) is 0.357. The number of aliphatic hydroxyl groups is 1. The van der Waals surface area contributed by atoms with Crippen LogP contribution in [0.1, 0.15) is 53.5 Å². The third-order valence-corrected chi connectivity index (χ3v) is 10.7. The topological polar surface area (TPSA) is 161 Å². The molecule has 0 saturated carbocycles. The Hall–Kier alpha value is -5.61. The smallest absolute Gasteiger partial charge is 0.227 e. The minimum absolute atomic E-state index is 0.124. The van der Waals surface area contributed by atoms with Gasteiger partial charge in [0.1, 0.15) is 29.4 Å². The Morgan fingerprint density at radius 2 is 1.67 bits per heavy atom. The number of carbonyl (C=O) groups is 1. The molecular weight excluding hydrogens is 683 g/mol. The minimum atomic E-state index is -0.261. The van der Waals surface area contributed by atoms with Crippen LogP contribution in [0.2, 0.25) is 0 Å². The number of aldehydes is 1. The van der Waals surface area contributed by atoms with Crippen molar-refractivity contribution in [2.75, 3.05) is 45.7 Å². The Morgan fingerprint density at radius 1 is 0.963 bits per heavy atom. The van der Waals surface area contributed by atoms with Gasteiger partial charge in [-0.2, -0.15) is 10.2 Å². The molecule has 7 rings (SSSR count). The summed E-state index contributed by atoms with van der Waals surface area (Å²) in [5, 5.41) is 31.9. The second-order valence-corrected chi connectivity index (χ2v) is 14.1. The standard InChI is InChI=1S/C42H45N7O5/c1-26-31(6-4-7-32(26)42-46-37-19-28(18-29(21-43)40(37)54-42)23-48-14-10-27(25-50)11-15-48)33-8-5-9-36(34(33)22-44)45-39-20-38(52-2)35(41(47-39)53-3)24-49-16-12-30(51)13-17-49/h4-9,18-20,22,25,27,30,44,51H,10-17,23-24H2,1-3H3,(H,45,47). The molecule has 0 spiro atoms. The number of hydrogen-bond donors (Lipinski definition) is 3. The molecule has 278 valence electrons. The van der Waals surface area contributed by atoms with Crippen molar-refractivity contribution in [2.45, 2.75) is 51.8 Å². The fourth-order valence-electron chi connectivity index (χ4n) is 7.63. The van der Waals surface area contributed by atoms with Crippen molar-refractivity contribution < 1.29 is 23.8 Å². The number of nitrogens with zero attached hydrogens (tertiary/aromatic N) is 5. The summed E-state index contributed by atoms with van der Waals surface area (Å²) < 4.78 is 17.8. The van der Waals surface area contributed by atoms with Crippen molar-refractivity contribution >= 4 is 35.1 Å². The maximum Gasteiger partial charge on any atom is 0.227 e. The zero-order valence-corrected chi connectivity index (χ0v) is 30.9. The van der Waals surface area contributed by atoms with Gasteiger partial charge in [0.2, 0.25) is 11.8 Å². The van der Waals surface area contributed by atoms with Gasteiger partial charge in [0.25, 0.3) is 0 Å². The number of benzene rings is 3. The van der Waals surface area contributed by atoms with Gasteiger partial charge in [0.15, 0.2) is 5.58 Å². The molecule has 3 N–H and O–H groups in total. The maximum absolute atomic E-state index is 11.2. The zero-order valence-electron chi connectivity index (χ0n) is 30.9. The molecule has 0 unspecified atom stereocenters. The Kier molecular flexibility index (Phi) is 11.0. The molecule has 3 aromatic carbocycles. The van der Waals surface area contributed by atoms with Gasteiger partial charge < -0.3 is 34.5 Å². The average molecular weight is 728 g/mol. The first kappa shape index (κ1) is 36.7. The second-order valence-electron chi connectivity index (χ2n) is 14.1. The van der Waals surface area contributed by atoms with Crippen LogP contribution in [0.5, 0.6) is 11.6 Å². The number of hydrogen-bond acceptors (Lipinski definition) is 12. The largest absolute Gasteiger partial charge is 0.496 e. The number of methoxy groups -OCH3 is 2. The number of likely N-dealkylation sites (tertiary alicyclic amines) is 2. The molecular formula is C42H45N7O5. The van der Waals surface area contributed by atoms with E-state index in [9.17, 15) is 15.2 Å². The van der Waals surface area contributed by atoms with Gasteiger partial charge in [0, 0.05) is 61.2 Å². The molecule has 0 aliphatic carbocycles. The maximum atomic E-state index is 11.2. The summed E-state index contributed by atoms with van der Waals surface area (Å²) in [5.41, 5.74) is 8.12. The number of rotatable bonds is 12. The normalized spacial score (nSPS) is 15.9. The van der Waals surface area contributed by atoms with Crippen LogP contribution in [0, 0.1) is 29.6 Å². The number of pyridine rings is 1. The van der Waals surface area contributed by atoms with E-state index >= 15 is 0 Å². The number of aromatic nitrogens is 2. The third kappa shape index (κ3) is 7.57. The van der Waals surface area contributed by atoms with E-state index in [0.29, 0.717) is 64.3 Å². The van der Waals surface area contributed by atoms with Crippen LogP contribution in [0.25, 0.3) is 33.7 Å². The Morgan fingerprint density at radius 3 is 2.37 bits per heavy atom. The van der Waals surface area contributed by atoms with E-state index in [4.69, 9.17) is 29.3 Å². The first-order valence-corrected chi connectivity index (χ1v) is 18.4. The zero-order chi connectivity index (χ0) is 37.8. The van der Waals surface area contributed by atoms with Gasteiger partial charge in [-0.05, 0) is 92.2 Å². The minimum Gasteiger partial charge on any atom is -0.496 e. The molecule has 5 aromatic rings. The van der Waals surface area contributed by atoms with Crippen LogP contribution in [-0.2, 0) is 17.9 Å². The van der Waals surface area contributed by atoms with E-state index in [1.165, 1.54) is 6.21 Å². The summed E-state index contributed by atoms with van der Waals surface area (Å²) in [5.74, 6) is 2.13. The predicted molar refractivity (Wildman–Crippen MR) is 207 cm³/mol. The summed E-state index contributed by atoms with van der Waals surface area (Å²) in [7, 11) is 3.21. The van der Waals surface area contributed by atoms with Gasteiger partial charge in [-0.1, -0.05) is 24.3 Å². The number of aliphatic hydroxyl groups excluding tert-OH is 1. The molecule has 2 aliphatic heterocycles. The van der Waals surface area contributed by atoms with Gasteiger partial charge in [-0.25, -0.2) is 4.98 Å². The van der Waals surface area contributed by atoms with Crippen LogP contribution in [0.4, 0.5) is 11.5 Å². The number of nitriles is 1. The van der Waals surface area contributed by atoms with Gasteiger partial charge >= 0.3 is 0 Å². The molecule has 0 atom stereocenters.